The molecular formula is C18H17ClN4O3S. The molecule has 1 heterocycles. The number of rotatable bonds is 6. The van der Waals surface area contributed by atoms with E-state index in [-0.39, 0.29) is 11.8 Å². The summed E-state index contributed by atoms with van der Waals surface area (Å²) in [6.07, 6.45) is 0. The predicted molar refractivity (Wildman–Crippen MR) is 108 cm³/mol. The van der Waals surface area contributed by atoms with Crippen LogP contribution in [0.2, 0.25) is 5.02 Å². The van der Waals surface area contributed by atoms with Gasteiger partial charge in [0.1, 0.15) is 0 Å². The standard InChI is InChI=1S/C18H17ClN4O3S/c1-2-20-17(26)21-11-5-3-10(4-6-11)12-7-14-15(8-13(12)19)23-18(22-14)27-9-16(24)25/h3-8H,2,9H2,1H3,(H,22,23)(H,24,25)(H2,20,21,26). The molecule has 140 valence electrons. The summed E-state index contributed by atoms with van der Waals surface area (Å²) in [6, 6.07) is 10.7. The quantitative estimate of drug-likeness (QED) is 0.460. The summed E-state index contributed by atoms with van der Waals surface area (Å²) in [5, 5.41) is 15.3. The number of nitrogens with one attached hydrogen (secondary N) is 3. The van der Waals surface area contributed by atoms with E-state index in [0.717, 1.165) is 28.4 Å². The first-order valence-corrected chi connectivity index (χ1v) is 9.51. The van der Waals surface area contributed by atoms with E-state index in [1.165, 1.54) is 0 Å². The molecule has 0 saturated carbocycles. The number of aliphatic carboxylic acids is 1. The largest absolute Gasteiger partial charge is 0.481 e. The second-order valence-electron chi connectivity index (χ2n) is 5.64. The molecule has 3 aromatic rings. The van der Waals surface area contributed by atoms with Crippen molar-refractivity contribution in [2.24, 2.45) is 0 Å². The van der Waals surface area contributed by atoms with Gasteiger partial charge in [-0.05, 0) is 36.8 Å². The zero-order valence-corrected chi connectivity index (χ0v) is 15.9. The number of carbonyl (C=O) groups excluding carboxylic acids is 1. The average Bonchev–Trinajstić information content (AvgIpc) is 3.02. The molecular weight excluding hydrogens is 388 g/mol. The number of anilines is 1. The molecule has 0 spiro atoms. The maximum Gasteiger partial charge on any atom is 0.319 e. The van der Waals surface area contributed by atoms with Crippen LogP contribution in [0.25, 0.3) is 22.2 Å². The Kier molecular flexibility index (Phi) is 5.88. The van der Waals surface area contributed by atoms with Crippen LogP contribution in [0.1, 0.15) is 6.92 Å². The fraction of sp³-hybridized carbons (Fsp3) is 0.167. The molecule has 0 saturated heterocycles. The van der Waals surface area contributed by atoms with Gasteiger partial charge in [-0.25, -0.2) is 9.78 Å². The topological polar surface area (TPSA) is 107 Å². The molecule has 27 heavy (non-hydrogen) atoms. The van der Waals surface area contributed by atoms with Gasteiger partial charge >= 0.3 is 12.0 Å². The number of aromatic amines is 1. The number of carboxylic acid groups (broad SMARTS) is 1. The molecule has 9 heteroatoms. The second-order valence-corrected chi connectivity index (χ2v) is 7.01. The van der Waals surface area contributed by atoms with Gasteiger partial charge in [0, 0.05) is 17.8 Å². The summed E-state index contributed by atoms with van der Waals surface area (Å²) in [4.78, 5) is 29.7. The summed E-state index contributed by atoms with van der Waals surface area (Å²) in [5.41, 5.74) is 3.80. The van der Waals surface area contributed by atoms with Crippen molar-refractivity contribution < 1.29 is 14.7 Å². The normalized spacial score (nSPS) is 10.7. The van der Waals surface area contributed by atoms with Gasteiger partial charge in [-0.2, -0.15) is 0 Å². The number of halogens is 1. The molecule has 7 nitrogen and oxygen atoms in total. The van der Waals surface area contributed by atoms with E-state index < -0.39 is 5.97 Å². The number of fused-ring (bicyclic) bond motifs is 1. The lowest BCUT2D eigenvalue weighted by molar-refractivity contribution is -0.133. The fourth-order valence-corrected chi connectivity index (χ4v) is 3.37. The fourth-order valence-electron chi connectivity index (χ4n) is 2.50. The first kappa shape index (κ1) is 19.1. The molecule has 0 aliphatic rings. The first-order chi connectivity index (χ1) is 13.0. The summed E-state index contributed by atoms with van der Waals surface area (Å²) < 4.78 is 0. The number of imidazole rings is 1. The van der Waals surface area contributed by atoms with Crippen LogP contribution >= 0.6 is 23.4 Å². The molecule has 0 atom stereocenters. The Balaban J connectivity index is 1.84. The molecule has 0 fully saturated rings. The van der Waals surface area contributed by atoms with E-state index in [0.29, 0.717) is 27.9 Å². The number of hydrogen-bond acceptors (Lipinski definition) is 4. The maximum atomic E-state index is 11.6. The lowest BCUT2D eigenvalue weighted by atomic mass is 10.0. The van der Waals surface area contributed by atoms with Gasteiger partial charge in [0.15, 0.2) is 5.16 Å². The maximum absolute atomic E-state index is 11.6. The molecule has 4 N–H and O–H groups in total. The average molecular weight is 405 g/mol. The highest BCUT2D eigenvalue weighted by molar-refractivity contribution is 7.99. The SMILES string of the molecule is CCNC(=O)Nc1ccc(-c2cc3nc(SCC(=O)O)[nH]c3cc2Cl)cc1. The minimum Gasteiger partial charge on any atom is -0.481 e. The molecule has 2 aromatic carbocycles. The van der Waals surface area contributed by atoms with E-state index >= 15 is 0 Å². The van der Waals surface area contributed by atoms with Crippen LogP contribution in [0.5, 0.6) is 0 Å². The van der Waals surface area contributed by atoms with E-state index in [4.69, 9.17) is 16.7 Å². The Morgan fingerprint density at radius 2 is 2.00 bits per heavy atom. The smallest absolute Gasteiger partial charge is 0.319 e. The molecule has 2 amide bonds. The van der Waals surface area contributed by atoms with Gasteiger partial charge < -0.3 is 20.7 Å². The van der Waals surface area contributed by atoms with Crippen molar-refractivity contribution in [2.45, 2.75) is 12.1 Å². The van der Waals surface area contributed by atoms with Gasteiger partial charge in [0.2, 0.25) is 0 Å². The van der Waals surface area contributed by atoms with E-state index in [9.17, 15) is 9.59 Å². The van der Waals surface area contributed by atoms with Crippen molar-refractivity contribution in [3.05, 3.63) is 41.4 Å². The van der Waals surface area contributed by atoms with Crippen LogP contribution in [0.15, 0.2) is 41.6 Å². The Hall–Kier alpha value is -2.71. The monoisotopic (exact) mass is 404 g/mol. The van der Waals surface area contributed by atoms with Crippen molar-refractivity contribution in [1.82, 2.24) is 15.3 Å². The third kappa shape index (κ3) is 4.72. The zero-order chi connectivity index (χ0) is 19.4. The number of hydrogen-bond donors (Lipinski definition) is 4. The number of urea groups is 1. The van der Waals surface area contributed by atoms with Crippen molar-refractivity contribution in [2.75, 3.05) is 17.6 Å². The Labute approximate surface area is 164 Å². The van der Waals surface area contributed by atoms with Crippen LogP contribution in [-0.4, -0.2) is 39.4 Å². The molecule has 1 aromatic heterocycles. The minimum absolute atomic E-state index is 0.0690. The van der Waals surface area contributed by atoms with Gasteiger partial charge in [-0.15, -0.1) is 0 Å². The minimum atomic E-state index is -0.902. The molecule has 0 bridgehead atoms. The van der Waals surface area contributed by atoms with Crippen LogP contribution in [0.4, 0.5) is 10.5 Å². The lowest BCUT2D eigenvalue weighted by Gasteiger charge is -2.08. The number of carboxylic acids is 1. The summed E-state index contributed by atoms with van der Waals surface area (Å²) in [5.74, 6) is -0.971. The van der Waals surface area contributed by atoms with Crippen molar-refractivity contribution in [3.8, 4) is 11.1 Å². The number of amides is 2. The van der Waals surface area contributed by atoms with Crippen molar-refractivity contribution in [1.29, 1.82) is 0 Å². The number of benzene rings is 2. The molecule has 0 unspecified atom stereocenters. The van der Waals surface area contributed by atoms with Gasteiger partial charge in [-0.3, -0.25) is 4.79 Å². The van der Waals surface area contributed by atoms with Crippen LogP contribution in [0.3, 0.4) is 0 Å². The zero-order valence-electron chi connectivity index (χ0n) is 14.4. The third-order valence-corrected chi connectivity index (χ3v) is 4.84. The highest BCUT2D eigenvalue weighted by atomic mass is 35.5. The Morgan fingerprint density at radius 3 is 2.67 bits per heavy atom. The Morgan fingerprint density at radius 1 is 1.26 bits per heavy atom. The van der Waals surface area contributed by atoms with Crippen LogP contribution in [-0.2, 0) is 4.79 Å². The third-order valence-electron chi connectivity index (χ3n) is 3.67. The van der Waals surface area contributed by atoms with Crippen LogP contribution in [0, 0.1) is 0 Å². The highest BCUT2D eigenvalue weighted by Gasteiger charge is 2.11. The molecule has 0 radical (unpaired) electrons. The van der Waals surface area contributed by atoms with E-state index in [2.05, 4.69) is 20.6 Å². The van der Waals surface area contributed by atoms with Gasteiger partial charge in [0.25, 0.3) is 0 Å². The van der Waals surface area contributed by atoms with Crippen LogP contribution < -0.4 is 10.6 Å². The van der Waals surface area contributed by atoms with E-state index in [1.54, 1.807) is 18.2 Å². The molecule has 0 aliphatic heterocycles. The van der Waals surface area contributed by atoms with Gasteiger partial charge in [0.05, 0.1) is 21.8 Å². The number of nitrogens with zero attached hydrogens (tertiary/aromatic N) is 1. The highest BCUT2D eigenvalue weighted by Crippen LogP contribution is 2.33. The summed E-state index contributed by atoms with van der Waals surface area (Å²) >= 11 is 7.53. The number of carbonyl (C=O) groups is 2. The number of aromatic nitrogens is 2. The predicted octanol–water partition coefficient (Wildman–Crippen LogP) is 4.20. The van der Waals surface area contributed by atoms with Crippen molar-refractivity contribution in [3.63, 3.8) is 0 Å². The summed E-state index contributed by atoms with van der Waals surface area (Å²) in [7, 11) is 0. The van der Waals surface area contributed by atoms with Crippen molar-refractivity contribution >= 4 is 52.1 Å². The van der Waals surface area contributed by atoms with Gasteiger partial charge in [-0.1, -0.05) is 35.5 Å². The van der Waals surface area contributed by atoms with E-state index in [1.807, 2.05) is 25.1 Å². The first-order valence-electron chi connectivity index (χ1n) is 8.15. The number of thioether (sulfide) groups is 1. The number of H-pyrrole nitrogens is 1. The lowest BCUT2D eigenvalue weighted by Crippen LogP contribution is -2.28. The molecule has 3 rings (SSSR count). The summed E-state index contributed by atoms with van der Waals surface area (Å²) in [6.45, 7) is 2.40. The molecule has 0 aliphatic carbocycles. The Bertz CT molecular complexity index is 988. The second kappa shape index (κ2) is 8.32.